The number of carbonyl (C=O) groups is 2. The van der Waals surface area contributed by atoms with Gasteiger partial charge in [-0.3, -0.25) is 9.63 Å². The molecule has 0 aliphatic carbocycles. The van der Waals surface area contributed by atoms with E-state index in [1.54, 1.807) is 6.08 Å². The van der Waals surface area contributed by atoms with E-state index in [4.69, 9.17) is 9.57 Å². The quantitative estimate of drug-likeness (QED) is 0.221. The van der Waals surface area contributed by atoms with E-state index in [1.807, 2.05) is 31.2 Å². The highest BCUT2D eigenvalue weighted by Crippen LogP contribution is 2.20. The van der Waals surface area contributed by atoms with E-state index in [1.165, 1.54) is 26.3 Å². The molecule has 0 aliphatic heterocycles. The molecule has 0 aromatic heterocycles. The van der Waals surface area contributed by atoms with Crippen LogP contribution in [0, 0.1) is 0 Å². The Bertz CT molecular complexity index is 608. The van der Waals surface area contributed by atoms with Gasteiger partial charge in [0, 0.05) is 23.2 Å². The van der Waals surface area contributed by atoms with Gasteiger partial charge in [-0.2, -0.15) is 0 Å². The third-order valence-electron chi connectivity index (χ3n) is 3.18. The Balaban J connectivity index is 2.94. The van der Waals surface area contributed by atoms with Gasteiger partial charge in [0.1, 0.15) is 0 Å². The van der Waals surface area contributed by atoms with Crippen LogP contribution in [0.2, 0.25) is 0 Å². The maximum absolute atomic E-state index is 12.4. The lowest BCUT2D eigenvalue weighted by Gasteiger charge is -2.16. The van der Waals surface area contributed by atoms with E-state index in [2.05, 4.69) is 15.9 Å². The van der Waals surface area contributed by atoms with Crippen molar-refractivity contribution in [1.29, 1.82) is 0 Å². The van der Waals surface area contributed by atoms with E-state index < -0.39 is 5.97 Å². The number of ether oxygens (including phenoxy) is 1. The molecular formula is C18H22BrNO4. The second-order valence-electron chi connectivity index (χ2n) is 4.95. The second-order valence-corrected chi connectivity index (χ2v) is 5.87. The lowest BCUT2D eigenvalue weighted by atomic mass is 10.0. The fourth-order valence-corrected chi connectivity index (χ4v) is 2.03. The van der Waals surface area contributed by atoms with Gasteiger partial charge in [0.15, 0.2) is 0 Å². The lowest BCUT2D eigenvalue weighted by Crippen LogP contribution is -2.26. The molecule has 1 aromatic rings. The fourth-order valence-electron chi connectivity index (χ4n) is 1.76. The molecule has 0 radical (unpaired) electrons. The van der Waals surface area contributed by atoms with Crippen molar-refractivity contribution in [3.8, 4) is 0 Å². The van der Waals surface area contributed by atoms with Gasteiger partial charge < -0.3 is 4.74 Å². The predicted octanol–water partition coefficient (Wildman–Crippen LogP) is 3.75. The largest absolute Gasteiger partial charge is 0.463 e. The van der Waals surface area contributed by atoms with E-state index in [0.29, 0.717) is 12.2 Å². The van der Waals surface area contributed by atoms with E-state index in [9.17, 15) is 9.59 Å². The Morgan fingerprint density at radius 2 is 1.92 bits per heavy atom. The smallest absolute Gasteiger partial charge is 0.330 e. The summed E-state index contributed by atoms with van der Waals surface area (Å²) >= 11 is 3.36. The number of benzene rings is 1. The third-order valence-corrected chi connectivity index (χ3v) is 3.71. The monoisotopic (exact) mass is 395 g/mol. The van der Waals surface area contributed by atoms with Crippen molar-refractivity contribution < 1.29 is 19.2 Å². The van der Waals surface area contributed by atoms with Crippen LogP contribution < -0.4 is 0 Å². The standard InChI is InChI=1S/C18H22BrNO4/c1-4-5-13-24-17(21)8-6-7-16(18(22)20(2)23-3)14-9-11-15(19)12-10-14/h6-12H,4-5,13H2,1-3H3/b8-6+,16-7-. The van der Waals surface area contributed by atoms with Crippen molar-refractivity contribution in [3.63, 3.8) is 0 Å². The molecule has 0 N–H and O–H groups in total. The number of hydrogen-bond donors (Lipinski definition) is 0. The number of nitrogens with zero attached hydrogens (tertiary/aromatic N) is 1. The third kappa shape index (κ3) is 6.68. The average molecular weight is 396 g/mol. The highest BCUT2D eigenvalue weighted by Gasteiger charge is 2.16. The zero-order valence-electron chi connectivity index (χ0n) is 14.1. The van der Waals surface area contributed by atoms with Crippen molar-refractivity contribution >= 4 is 33.4 Å². The molecule has 0 saturated carbocycles. The molecule has 0 fully saturated rings. The van der Waals surface area contributed by atoms with Gasteiger partial charge in [0.25, 0.3) is 5.91 Å². The van der Waals surface area contributed by atoms with Crippen LogP contribution in [0.5, 0.6) is 0 Å². The number of halogens is 1. The average Bonchev–Trinajstić information content (AvgIpc) is 2.58. The number of hydrogen-bond acceptors (Lipinski definition) is 4. The fraction of sp³-hybridized carbons (Fsp3) is 0.333. The number of amides is 1. The highest BCUT2D eigenvalue weighted by atomic mass is 79.9. The van der Waals surface area contributed by atoms with Crippen molar-refractivity contribution in [3.05, 3.63) is 52.5 Å². The second kappa shape index (κ2) is 10.8. The summed E-state index contributed by atoms with van der Waals surface area (Å²) in [5.41, 5.74) is 1.13. The minimum Gasteiger partial charge on any atom is -0.463 e. The first-order valence-electron chi connectivity index (χ1n) is 7.62. The summed E-state index contributed by atoms with van der Waals surface area (Å²) in [6.07, 6.45) is 6.17. The molecule has 0 unspecified atom stereocenters. The van der Waals surface area contributed by atoms with Crippen LogP contribution in [0.15, 0.2) is 47.0 Å². The first kappa shape index (κ1) is 20.1. The molecule has 1 rings (SSSR count). The summed E-state index contributed by atoms with van der Waals surface area (Å²) in [7, 11) is 2.94. The molecule has 0 aliphatic rings. The van der Waals surface area contributed by atoms with Gasteiger partial charge >= 0.3 is 5.97 Å². The maximum atomic E-state index is 12.4. The van der Waals surface area contributed by atoms with E-state index in [0.717, 1.165) is 27.9 Å². The Morgan fingerprint density at radius 3 is 2.50 bits per heavy atom. The minimum absolute atomic E-state index is 0.316. The summed E-state index contributed by atoms with van der Waals surface area (Å²) < 4.78 is 5.94. The summed E-state index contributed by atoms with van der Waals surface area (Å²) in [4.78, 5) is 28.9. The van der Waals surface area contributed by atoms with Gasteiger partial charge in [0.05, 0.1) is 13.7 Å². The van der Waals surface area contributed by atoms with Crippen LogP contribution in [0.25, 0.3) is 5.57 Å². The van der Waals surface area contributed by atoms with Crippen LogP contribution in [0.1, 0.15) is 25.3 Å². The van der Waals surface area contributed by atoms with Crippen LogP contribution >= 0.6 is 15.9 Å². The molecule has 130 valence electrons. The molecule has 5 nitrogen and oxygen atoms in total. The first-order chi connectivity index (χ1) is 11.5. The van der Waals surface area contributed by atoms with E-state index in [-0.39, 0.29) is 5.91 Å². The van der Waals surface area contributed by atoms with Gasteiger partial charge in [-0.15, -0.1) is 0 Å². The van der Waals surface area contributed by atoms with Gasteiger partial charge in [0.2, 0.25) is 0 Å². The molecule has 0 spiro atoms. The van der Waals surface area contributed by atoms with Crippen molar-refractivity contribution in [2.24, 2.45) is 0 Å². The van der Waals surface area contributed by atoms with Crippen molar-refractivity contribution in [2.45, 2.75) is 19.8 Å². The minimum atomic E-state index is -0.428. The SMILES string of the molecule is CCCCOC(=O)/C=C/C=C(\C(=O)N(C)OC)c1ccc(Br)cc1. The number of unbranched alkanes of at least 4 members (excludes halogenated alkanes) is 1. The molecule has 0 heterocycles. The normalized spacial score (nSPS) is 11.6. The number of rotatable bonds is 8. The van der Waals surface area contributed by atoms with Crippen LogP contribution in [-0.4, -0.2) is 37.7 Å². The molecule has 0 bridgehead atoms. The summed E-state index contributed by atoms with van der Waals surface area (Å²) in [6.45, 7) is 2.42. The van der Waals surface area contributed by atoms with Gasteiger partial charge in [-0.25, -0.2) is 9.86 Å². The van der Waals surface area contributed by atoms with Crippen molar-refractivity contribution in [2.75, 3.05) is 20.8 Å². The Labute approximate surface area is 151 Å². The number of esters is 1. The van der Waals surface area contributed by atoms with Crippen LogP contribution in [0.3, 0.4) is 0 Å². The summed E-state index contributed by atoms with van der Waals surface area (Å²) in [5.74, 6) is -0.744. The van der Waals surface area contributed by atoms with Crippen molar-refractivity contribution in [1.82, 2.24) is 5.06 Å². The first-order valence-corrected chi connectivity index (χ1v) is 8.42. The zero-order valence-corrected chi connectivity index (χ0v) is 15.7. The van der Waals surface area contributed by atoms with Gasteiger partial charge in [-0.1, -0.05) is 47.5 Å². The van der Waals surface area contributed by atoms with Crippen LogP contribution in [0.4, 0.5) is 0 Å². The Morgan fingerprint density at radius 1 is 1.25 bits per heavy atom. The highest BCUT2D eigenvalue weighted by molar-refractivity contribution is 9.10. The number of hydroxylamine groups is 2. The molecule has 24 heavy (non-hydrogen) atoms. The van der Waals surface area contributed by atoms with E-state index >= 15 is 0 Å². The predicted molar refractivity (Wildman–Crippen MR) is 96.9 cm³/mol. The summed E-state index contributed by atoms with van der Waals surface area (Å²) in [5, 5.41) is 1.13. The molecule has 6 heteroatoms. The van der Waals surface area contributed by atoms with Crippen LogP contribution in [-0.2, 0) is 19.2 Å². The molecule has 1 amide bonds. The molecule has 0 atom stereocenters. The number of likely N-dealkylation sites (N-methyl/N-ethyl adjacent to an activating group) is 1. The lowest BCUT2D eigenvalue weighted by molar-refractivity contribution is -0.161. The number of carbonyl (C=O) groups excluding carboxylic acids is 2. The molecular weight excluding hydrogens is 374 g/mol. The zero-order chi connectivity index (χ0) is 17.9. The molecule has 0 saturated heterocycles. The Kier molecular flexibility index (Phi) is 9.04. The van der Waals surface area contributed by atoms with Gasteiger partial charge in [-0.05, 0) is 30.2 Å². The Hall–Kier alpha value is -1.92. The molecule has 1 aromatic carbocycles. The maximum Gasteiger partial charge on any atom is 0.330 e. The topological polar surface area (TPSA) is 55.8 Å². The number of allylic oxidation sites excluding steroid dienone is 2. The summed E-state index contributed by atoms with van der Waals surface area (Å²) in [6, 6.07) is 7.30.